The monoisotopic (exact) mass is 464 g/mol. The number of nitrogens with one attached hydrogen (secondary N) is 1. The van der Waals surface area contributed by atoms with Gasteiger partial charge in [-0.3, -0.25) is 9.59 Å². The zero-order valence-electron chi connectivity index (χ0n) is 17.7. The molecular weight excluding hydrogens is 439 g/mol. The number of β-amino-alcohol motifs (C(OH)–C–C–N with tert-alkyl or cyclic N) is 1. The van der Waals surface area contributed by atoms with Gasteiger partial charge in [-0.2, -0.15) is 4.31 Å². The molecule has 0 aromatic heterocycles. The van der Waals surface area contributed by atoms with E-state index >= 15 is 0 Å². The van der Waals surface area contributed by atoms with Crippen molar-refractivity contribution in [2.45, 2.75) is 43.9 Å². The number of rotatable bonds is 7. The van der Waals surface area contributed by atoms with E-state index in [1.165, 1.54) is 36.4 Å². The third-order valence-electron chi connectivity index (χ3n) is 5.34. The first kappa shape index (κ1) is 23.8. The van der Waals surface area contributed by atoms with Crippen molar-refractivity contribution in [2.75, 3.05) is 13.2 Å². The van der Waals surface area contributed by atoms with E-state index in [9.17, 15) is 27.5 Å². The lowest BCUT2D eigenvalue weighted by Crippen LogP contribution is -2.42. The van der Waals surface area contributed by atoms with Crippen LogP contribution in [0.15, 0.2) is 47.4 Å². The van der Waals surface area contributed by atoms with Crippen molar-refractivity contribution in [1.82, 2.24) is 9.62 Å². The van der Waals surface area contributed by atoms with E-state index in [1.54, 1.807) is 13.0 Å². The SMILES string of the molecule is Cc1ccc(S(=O)(=O)N2CC(O)C[C@H]2C(=O)OCC(=O)NCc2ccc(F)cc2)cc1C. The van der Waals surface area contributed by atoms with Crippen molar-refractivity contribution in [3.63, 3.8) is 0 Å². The molecule has 0 radical (unpaired) electrons. The molecular formula is C22H25FN2O6S. The van der Waals surface area contributed by atoms with E-state index in [2.05, 4.69) is 5.32 Å². The second kappa shape index (κ2) is 9.76. The molecule has 10 heteroatoms. The highest BCUT2D eigenvalue weighted by Gasteiger charge is 2.44. The van der Waals surface area contributed by atoms with Gasteiger partial charge < -0.3 is 15.2 Å². The number of hydrogen-bond donors (Lipinski definition) is 2. The molecule has 0 bridgehead atoms. The van der Waals surface area contributed by atoms with Crippen molar-refractivity contribution >= 4 is 21.9 Å². The van der Waals surface area contributed by atoms with Crippen LogP contribution in [0.2, 0.25) is 0 Å². The number of amides is 1. The molecule has 1 heterocycles. The van der Waals surface area contributed by atoms with Crippen LogP contribution in [0.3, 0.4) is 0 Å². The topological polar surface area (TPSA) is 113 Å². The Morgan fingerprint density at radius 1 is 1.16 bits per heavy atom. The minimum absolute atomic E-state index is 0.0181. The molecule has 2 aromatic rings. The zero-order chi connectivity index (χ0) is 23.5. The van der Waals surface area contributed by atoms with Gasteiger partial charge in [-0.05, 0) is 54.8 Å². The molecule has 0 spiro atoms. The number of sulfonamides is 1. The molecule has 8 nitrogen and oxygen atoms in total. The summed E-state index contributed by atoms with van der Waals surface area (Å²) in [6.45, 7) is 2.90. The second-order valence-corrected chi connectivity index (χ2v) is 9.63. The molecule has 1 saturated heterocycles. The lowest BCUT2D eigenvalue weighted by atomic mass is 10.1. The van der Waals surface area contributed by atoms with Gasteiger partial charge in [-0.1, -0.05) is 18.2 Å². The van der Waals surface area contributed by atoms with Crippen LogP contribution in [0, 0.1) is 19.7 Å². The summed E-state index contributed by atoms with van der Waals surface area (Å²) >= 11 is 0. The number of ether oxygens (including phenoxy) is 1. The molecule has 2 aromatic carbocycles. The summed E-state index contributed by atoms with van der Waals surface area (Å²) in [5, 5.41) is 12.5. The lowest BCUT2D eigenvalue weighted by Gasteiger charge is -2.22. The number of carbonyl (C=O) groups is 2. The van der Waals surface area contributed by atoms with Gasteiger partial charge in [0.15, 0.2) is 6.61 Å². The third kappa shape index (κ3) is 5.50. The highest BCUT2D eigenvalue weighted by Crippen LogP contribution is 2.28. The van der Waals surface area contributed by atoms with Crippen LogP contribution in [-0.2, 0) is 30.9 Å². The maximum absolute atomic E-state index is 13.1. The Morgan fingerprint density at radius 2 is 1.84 bits per heavy atom. The highest BCUT2D eigenvalue weighted by molar-refractivity contribution is 7.89. The number of halogens is 1. The van der Waals surface area contributed by atoms with Gasteiger partial charge in [0.1, 0.15) is 11.9 Å². The number of hydrogen-bond acceptors (Lipinski definition) is 6. The highest BCUT2D eigenvalue weighted by atomic mass is 32.2. The molecule has 3 rings (SSSR count). The van der Waals surface area contributed by atoms with Gasteiger partial charge in [-0.15, -0.1) is 0 Å². The van der Waals surface area contributed by atoms with Crippen LogP contribution < -0.4 is 5.32 Å². The third-order valence-corrected chi connectivity index (χ3v) is 7.21. The van der Waals surface area contributed by atoms with E-state index in [0.717, 1.165) is 15.4 Å². The summed E-state index contributed by atoms with van der Waals surface area (Å²) in [6, 6.07) is 8.95. The minimum atomic E-state index is -4.05. The van der Waals surface area contributed by atoms with E-state index in [0.29, 0.717) is 5.56 Å². The maximum atomic E-state index is 13.1. The molecule has 1 fully saturated rings. The van der Waals surface area contributed by atoms with Gasteiger partial charge in [0.05, 0.1) is 11.0 Å². The number of aryl methyl sites for hydroxylation is 2. The summed E-state index contributed by atoms with van der Waals surface area (Å²) in [7, 11) is -4.05. The van der Waals surface area contributed by atoms with Crippen LogP contribution >= 0.6 is 0 Å². The van der Waals surface area contributed by atoms with Gasteiger partial charge in [-0.25, -0.2) is 12.8 Å². The predicted molar refractivity (Wildman–Crippen MR) is 113 cm³/mol. The van der Waals surface area contributed by atoms with Crippen LogP contribution in [-0.4, -0.2) is 55.0 Å². The smallest absolute Gasteiger partial charge is 0.325 e. The maximum Gasteiger partial charge on any atom is 0.325 e. The Labute approximate surface area is 186 Å². The Bertz CT molecular complexity index is 1100. The van der Waals surface area contributed by atoms with E-state index in [4.69, 9.17) is 4.74 Å². The predicted octanol–water partition coefficient (Wildman–Crippen LogP) is 1.43. The standard InChI is InChI=1S/C22H25FN2O6S/c1-14-3-8-19(9-15(14)2)32(29,30)25-12-18(26)10-20(25)22(28)31-13-21(27)24-11-16-4-6-17(23)7-5-16/h3-9,18,20,26H,10-13H2,1-2H3,(H,24,27)/t18?,20-/m0/s1. The molecule has 1 aliphatic rings. The Kier molecular flexibility index (Phi) is 7.27. The van der Waals surface area contributed by atoms with Gasteiger partial charge in [0.25, 0.3) is 5.91 Å². The average Bonchev–Trinajstić information content (AvgIpc) is 3.16. The number of nitrogens with zero attached hydrogens (tertiary/aromatic N) is 1. The summed E-state index contributed by atoms with van der Waals surface area (Å²) < 4.78 is 45.0. The van der Waals surface area contributed by atoms with Crippen molar-refractivity contribution in [3.05, 3.63) is 65.0 Å². The van der Waals surface area contributed by atoms with Crippen molar-refractivity contribution in [1.29, 1.82) is 0 Å². The fraction of sp³-hybridized carbons (Fsp3) is 0.364. The average molecular weight is 465 g/mol. The molecule has 1 unspecified atom stereocenters. The van der Waals surface area contributed by atoms with Crippen LogP contribution in [0.5, 0.6) is 0 Å². The van der Waals surface area contributed by atoms with Crippen LogP contribution in [0.1, 0.15) is 23.1 Å². The molecule has 0 aliphatic carbocycles. The summed E-state index contributed by atoms with van der Waals surface area (Å²) in [5.41, 5.74) is 2.37. The fourth-order valence-corrected chi connectivity index (χ4v) is 5.07. The molecule has 1 aliphatic heterocycles. The summed E-state index contributed by atoms with van der Waals surface area (Å²) in [5.74, 6) is -1.90. The van der Waals surface area contributed by atoms with Crippen LogP contribution in [0.4, 0.5) is 4.39 Å². The summed E-state index contributed by atoms with van der Waals surface area (Å²) in [6.07, 6.45) is -1.15. The normalized spacial score (nSPS) is 19.0. The van der Waals surface area contributed by atoms with Crippen molar-refractivity contribution in [3.8, 4) is 0 Å². The Hall–Kier alpha value is -2.82. The number of esters is 1. The Morgan fingerprint density at radius 3 is 2.50 bits per heavy atom. The number of benzene rings is 2. The molecule has 2 atom stereocenters. The molecule has 32 heavy (non-hydrogen) atoms. The van der Waals surface area contributed by atoms with Gasteiger partial charge >= 0.3 is 5.97 Å². The minimum Gasteiger partial charge on any atom is -0.454 e. The van der Waals surface area contributed by atoms with Crippen molar-refractivity contribution < 1.29 is 32.2 Å². The Balaban J connectivity index is 1.62. The number of carbonyl (C=O) groups excluding carboxylic acids is 2. The van der Waals surface area contributed by atoms with Gasteiger partial charge in [0.2, 0.25) is 10.0 Å². The molecule has 1 amide bonds. The lowest BCUT2D eigenvalue weighted by molar-refractivity contribution is -0.151. The van der Waals surface area contributed by atoms with E-state index in [-0.39, 0.29) is 24.4 Å². The molecule has 2 N–H and O–H groups in total. The van der Waals surface area contributed by atoms with Crippen LogP contribution in [0.25, 0.3) is 0 Å². The zero-order valence-corrected chi connectivity index (χ0v) is 18.6. The first-order valence-corrected chi connectivity index (χ1v) is 11.5. The quantitative estimate of drug-likeness (QED) is 0.600. The fourth-order valence-electron chi connectivity index (χ4n) is 3.36. The summed E-state index contributed by atoms with van der Waals surface area (Å²) in [4.78, 5) is 24.6. The second-order valence-electron chi connectivity index (χ2n) is 7.74. The van der Waals surface area contributed by atoms with Crippen molar-refractivity contribution in [2.24, 2.45) is 0 Å². The molecule has 0 saturated carbocycles. The van der Waals surface area contributed by atoms with E-state index in [1.807, 2.05) is 6.92 Å². The van der Waals surface area contributed by atoms with Gasteiger partial charge in [0, 0.05) is 19.5 Å². The number of aliphatic hydroxyl groups excluding tert-OH is 1. The van der Waals surface area contributed by atoms with E-state index < -0.39 is 46.5 Å². The molecule has 172 valence electrons. The number of aliphatic hydroxyl groups is 1. The first-order valence-electron chi connectivity index (χ1n) is 10.0. The largest absolute Gasteiger partial charge is 0.454 e. The first-order chi connectivity index (χ1) is 15.1.